The normalized spacial score (nSPS) is 18.5. The Balaban J connectivity index is 1.45. The summed E-state index contributed by atoms with van der Waals surface area (Å²) < 4.78 is 4.46. The molecule has 1 saturated carbocycles. The van der Waals surface area contributed by atoms with E-state index >= 15 is 0 Å². The van der Waals surface area contributed by atoms with E-state index in [9.17, 15) is 0 Å². The summed E-state index contributed by atoms with van der Waals surface area (Å²) in [5.74, 6) is 1.67. The Morgan fingerprint density at radius 1 is 1.14 bits per heavy atom. The fourth-order valence-corrected chi connectivity index (χ4v) is 3.73. The van der Waals surface area contributed by atoms with Crippen LogP contribution in [-0.2, 0) is 6.54 Å². The molecule has 1 aliphatic heterocycles. The van der Waals surface area contributed by atoms with Crippen molar-refractivity contribution in [1.82, 2.24) is 9.36 Å². The Hall–Kier alpha value is -1.62. The molecule has 1 aromatic heterocycles. The molecule has 0 spiro atoms. The quantitative estimate of drug-likeness (QED) is 0.905. The van der Waals surface area contributed by atoms with Crippen molar-refractivity contribution in [3.63, 3.8) is 0 Å². The molecule has 4 nitrogen and oxygen atoms in total. The van der Waals surface area contributed by atoms with Crippen LogP contribution in [0.1, 0.15) is 49.4 Å². The SMILES string of the molecule is c1ccc(N2CCCCC2)c(CNc2nc(C3CC3)ns2)c1. The average Bonchev–Trinajstić information content (AvgIpc) is 3.33. The lowest BCUT2D eigenvalue weighted by atomic mass is 10.1. The van der Waals surface area contributed by atoms with Crippen LogP contribution in [0.3, 0.4) is 0 Å². The minimum atomic E-state index is 0.632. The third kappa shape index (κ3) is 3.09. The second-order valence-electron chi connectivity index (χ2n) is 6.26. The summed E-state index contributed by atoms with van der Waals surface area (Å²) in [6.07, 6.45) is 6.50. The second kappa shape index (κ2) is 6.24. The maximum Gasteiger partial charge on any atom is 0.202 e. The van der Waals surface area contributed by atoms with Gasteiger partial charge in [0, 0.05) is 42.8 Å². The average molecular weight is 314 g/mol. The Kier molecular flexibility index (Phi) is 3.97. The molecule has 0 bridgehead atoms. The summed E-state index contributed by atoms with van der Waals surface area (Å²) in [6, 6.07) is 8.74. The highest BCUT2D eigenvalue weighted by Crippen LogP contribution is 2.39. The topological polar surface area (TPSA) is 41.0 Å². The summed E-state index contributed by atoms with van der Waals surface area (Å²) in [7, 11) is 0. The first-order valence-electron chi connectivity index (χ1n) is 8.30. The van der Waals surface area contributed by atoms with E-state index in [0.717, 1.165) is 17.5 Å². The van der Waals surface area contributed by atoms with E-state index in [2.05, 4.69) is 43.8 Å². The third-order valence-corrected chi connectivity index (χ3v) is 5.19. The Labute approximate surface area is 135 Å². The van der Waals surface area contributed by atoms with Crippen molar-refractivity contribution in [2.24, 2.45) is 0 Å². The van der Waals surface area contributed by atoms with E-state index < -0.39 is 0 Å². The van der Waals surface area contributed by atoms with E-state index in [1.807, 2.05) is 0 Å². The van der Waals surface area contributed by atoms with Gasteiger partial charge in [0.1, 0.15) is 5.82 Å². The van der Waals surface area contributed by atoms with Gasteiger partial charge in [-0.2, -0.15) is 4.37 Å². The molecule has 0 radical (unpaired) electrons. The Bertz CT molecular complexity index is 629. The highest BCUT2D eigenvalue weighted by molar-refractivity contribution is 7.09. The molecule has 2 heterocycles. The van der Waals surface area contributed by atoms with E-state index in [1.165, 1.54) is 68.0 Å². The van der Waals surface area contributed by atoms with Gasteiger partial charge in [0.15, 0.2) is 0 Å². The summed E-state index contributed by atoms with van der Waals surface area (Å²) in [4.78, 5) is 7.14. The fraction of sp³-hybridized carbons (Fsp3) is 0.529. The summed E-state index contributed by atoms with van der Waals surface area (Å²) in [5, 5.41) is 4.42. The molecule has 4 rings (SSSR count). The lowest BCUT2D eigenvalue weighted by Crippen LogP contribution is -2.30. The highest BCUT2D eigenvalue weighted by atomic mass is 32.1. The van der Waals surface area contributed by atoms with E-state index in [4.69, 9.17) is 0 Å². The zero-order chi connectivity index (χ0) is 14.8. The maximum absolute atomic E-state index is 4.61. The van der Waals surface area contributed by atoms with Gasteiger partial charge in [-0.15, -0.1) is 0 Å². The van der Waals surface area contributed by atoms with Crippen LogP contribution in [0.2, 0.25) is 0 Å². The molecule has 1 aromatic carbocycles. The Morgan fingerprint density at radius 2 is 1.95 bits per heavy atom. The van der Waals surface area contributed by atoms with Crippen molar-refractivity contribution in [3.05, 3.63) is 35.7 Å². The minimum Gasteiger partial charge on any atom is -0.371 e. The van der Waals surface area contributed by atoms with Gasteiger partial charge >= 0.3 is 0 Å². The highest BCUT2D eigenvalue weighted by Gasteiger charge is 2.27. The molecule has 2 aromatic rings. The maximum atomic E-state index is 4.61. The zero-order valence-electron chi connectivity index (χ0n) is 12.8. The van der Waals surface area contributed by atoms with Gasteiger partial charge in [0.05, 0.1) is 0 Å². The number of hydrogen-bond donors (Lipinski definition) is 1. The molecule has 1 saturated heterocycles. The van der Waals surface area contributed by atoms with Gasteiger partial charge in [-0.25, -0.2) is 4.98 Å². The summed E-state index contributed by atoms with van der Waals surface area (Å²) in [6.45, 7) is 3.19. The number of piperidine rings is 1. The minimum absolute atomic E-state index is 0.632. The van der Waals surface area contributed by atoms with Gasteiger partial charge in [0.2, 0.25) is 5.13 Å². The molecule has 1 aliphatic carbocycles. The molecule has 2 aliphatic rings. The van der Waals surface area contributed by atoms with Crippen molar-refractivity contribution in [3.8, 4) is 0 Å². The van der Waals surface area contributed by atoms with Crippen LogP contribution in [0.5, 0.6) is 0 Å². The van der Waals surface area contributed by atoms with E-state index in [0.29, 0.717) is 5.92 Å². The number of para-hydroxylation sites is 1. The lowest BCUT2D eigenvalue weighted by molar-refractivity contribution is 0.576. The van der Waals surface area contributed by atoms with Crippen LogP contribution in [0.4, 0.5) is 10.8 Å². The van der Waals surface area contributed by atoms with Crippen LogP contribution in [0, 0.1) is 0 Å². The number of nitrogens with one attached hydrogen (secondary N) is 1. The molecular weight excluding hydrogens is 292 g/mol. The number of anilines is 2. The van der Waals surface area contributed by atoms with Crippen molar-refractivity contribution in [2.75, 3.05) is 23.3 Å². The summed E-state index contributed by atoms with van der Waals surface area (Å²) >= 11 is 1.49. The predicted molar refractivity (Wildman–Crippen MR) is 91.7 cm³/mol. The van der Waals surface area contributed by atoms with Crippen LogP contribution >= 0.6 is 11.5 Å². The molecule has 22 heavy (non-hydrogen) atoms. The number of rotatable bonds is 5. The molecule has 1 N–H and O–H groups in total. The van der Waals surface area contributed by atoms with E-state index in [1.54, 1.807) is 0 Å². The van der Waals surface area contributed by atoms with E-state index in [-0.39, 0.29) is 0 Å². The van der Waals surface area contributed by atoms with Crippen LogP contribution in [-0.4, -0.2) is 22.4 Å². The van der Waals surface area contributed by atoms with Gasteiger partial charge in [-0.3, -0.25) is 0 Å². The first-order valence-corrected chi connectivity index (χ1v) is 9.08. The number of benzene rings is 1. The molecular formula is C17H22N4S. The van der Waals surface area contributed by atoms with Gasteiger partial charge in [-0.1, -0.05) is 18.2 Å². The largest absolute Gasteiger partial charge is 0.371 e. The third-order valence-electron chi connectivity index (χ3n) is 4.50. The Morgan fingerprint density at radius 3 is 2.77 bits per heavy atom. The van der Waals surface area contributed by atoms with Gasteiger partial charge in [0.25, 0.3) is 0 Å². The number of nitrogens with zero attached hydrogens (tertiary/aromatic N) is 3. The number of hydrogen-bond acceptors (Lipinski definition) is 5. The molecule has 2 fully saturated rings. The van der Waals surface area contributed by atoms with Crippen LogP contribution < -0.4 is 10.2 Å². The monoisotopic (exact) mass is 314 g/mol. The van der Waals surface area contributed by atoms with Crippen molar-refractivity contribution < 1.29 is 0 Å². The molecule has 0 unspecified atom stereocenters. The molecule has 0 amide bonds. The molecule has 0 atom stereocenters. The number of aromatic nitrogens is 2. The predicted octanol–water partition coefficient (Wildman–Crippen LogP) is 4.02. The molecule has 5 heteroatoms. The summed E-state index contributed by atoms with van der Waals surface area (Å²) in [5.41, 5.74) is 2.73. The van der Waals surface area contributed by atoms with Gasteiger partial charge in [-0.05, 0) is 43.7 Å². The van der Waals surface area contributed by atoms with Crippen molar-refractivity contribution >= 4 is 22.4 Å². The lowest BCUT2D eigenvalue weighted by Gasteiger charge is -2.30. The smallest absolute Gasteiger partial charge is 0.202 e. The first kappa shape index (κ1) is 14.0. The zero-order valence-corrected chi connectivity index (χ0v) is 13.6. The first-order chi connectivity index (χ1) is 10.9. The van der Waals surface area contributed by atoms with Gasteiger partial charge < -0.3 is 10.2 Å². The molecule has 116 valence electrons. The van der Waals surface area contributed by atoms with Crippen LogP contribution in [0.15, 0.2) is 24.3 Å². The standard InChI is InChI=1S/C17H22N4S/c1-4-10-21(11-5-1)15-7-3-2-6-14(15)12-18-17-19-16(20-22-17)13-8-9-13/h2-3,6-7,13H,1,4-5,8-12H2,(H,18,19,20). The van der Waals surface area contributed by atoms with Crippen LogP contribution in [0.25, 0.3) is 0 Å². The fourth-order valence-electron chi connectivity index (χ4n) is 3.09. The van der Waals surface area contributed by atoms with Crippen molar-refractivity contribution in [1.29, 1.82) is 0 Å². The van der Waals surface area contributed by atoms with Crippen molar-refractivity contribution in [2.45, 2.75) is 44.6 Å². The second-order valence-corrected chi connectivity index (χ2v) is 7.01.